The first kappa shape index (κ1) is 13.8. The highest BCUT2D eigenvalue weighted by Crippen LogP contribution is 2.35. The van der Waals surface area contributed by atoms with Gasteiger partial charge in [-0.25, -0.2) is 4.79 Å². The number of carbonyl (C=O) groups is 3. The SMILES string of the molecule is CC1(c2ccc(Cl)s2)NC(=O)N(CCC(N)=O)C1=O. The lowest BCUT2D eigenvalue weighted by molar-refractivity contribution is -0.131. The largest absolute Gasteiger partial charge is 0.370 e. The van der Waals surface area contributed by atoms with Gasteiger partial charge in [-0.2, -0.15) is 0 Å². The molecule has 1 unspecified atom stereocenters. The molecule has 102 valence electrons. The van der Waals surface area contributed by atoms with Gasteiger partial charge in [-0.15, -0.1) is 11.3 Å². The lowest BCUT2D eigenvalue weighted by atomic mass is 10.0. The molecular weight excluding hydrogens is 290 g/mol. The predicted octanol–water partition coefficient (Wildman–Crippen LogP) is 1.04. The highest BCUT2D eigenvalue weighted by molar-refractivity contribution is 7.16. The molecule has 4 amide bonds. The fraction of sp³-hybridized carbons (Fsp3) is 0.364. The Morgan fingerprint density at radius 3 is 2.74 bits per heavy atom. The van der Waals surface area contributed by atoms with Gasteiger partial charge in [0.15, 0.2) is 5.54 Å². The molecule has 1 aromatic rings. The fourth-order valence-electron chi connectivity index (χ4n) is 1.87. The second kappa shape index (κ2) is 4.82. The van der Waals surface area contributed by atoms with Crippen LogP contribution in [-0.4, -0.2) is 29.3 Å². The Morgan fingerprint density at radius 1 is 1.53 bits per heavy atom. The number of thiophene rings is 1. The number of nitrogens with one attached hydrogen (secondary N) is 1. The van der Waals surface area contributed by atoms with Crippen molar-refractivity contribution in [2.75, 3.05) is 6.54 Å². The summed E-state index contributed by atoms with van der Waals surface area (Å²) in [5.41, 5.74) is 3.89. The van der Waals surface area contributed by atoms with Crippen molar-refractivity contribution in [3.05, 3.63) is 21.3 Å². The van der Waals surface area contributed by atoms with Crippen LogP contribution in [0.15, 0.2) is 12.1 Å². The Bertz CT molecular complexity index is 559. The Balaban J connectivity index is 2.23. The molecule has 8 heteroatoms. The molecule has 0 spiro atoms. The zero-order valence-electron chi connectivity index (χ0n) is 10.1. The molecule has 1 aromatic heterocycles. The minimum atomic E-state index is -1.13. The van der Waals surface area contributed by atoms with Crippen molar-refractivity contribution in [3.8, 4) is 0 Å². The molecule has 1 aliphatic rings. The van der Waals surface area contributed by atoms with E-state index in [0.717, 1.165) is 4.90 Å². The summed E-state index contributed by atoms with van der Waals surface area (Å²) in [5, 5.41) is 2.62. The van der Waals surface area contributed by atoms with Gasteiger partial charge in [-0.3, -0.25) is 14.5 Å². The van der Waals surface area contributed by atoms with E-state index in [2.05, 4.69) is 5.32 Å². The number of urea groups is 1. The van der Waals surface area contributed by atoms with E-state index in [0.29, 0.717) is 9.21 Å². The molecule has 0 aromatic carbocycles. The average molecular weight is 302 g/mol. The fourth-order valence-corrected chi connectivity index (χ4v) is 3.01. The summed E-state index contributed by atoms with van der Waals surface area (Å²) in [4.78, 5) is 36.5. The van der Waals surface area contributed by atoms with Gasteiger partial charge in [0.2, 0.25) is 5.91 Å². The summed E-state index contributed by atoms with van der Waals surface area (Å²) in [6.45, 7) is 1.59. The summed E-state index contributed by atoms with van der Waals surface area (Å²) in [7, 11) is 0. The van der Waals surface area contributed by atoms with Gasteiger partial charge < -0.3 is 11.1 Å². The second-order valence-corrected chi connectivity index (χ2v) is 6.05. The van der Waals surface area contributed by atoms with E-state index in [1.54, 1.807) is 19.1 Å². The maximum atomic E-state index is 12.3. The van der Waals surface area contributed by atoms with Crippen LogP contribution in [0.2, 0.25) is 4.34 Å². The van der Waals surface area contributed by atoms with Gasteiger partial charge in [0, 0.05) is 17.8 Å². The molecule has 1 atom stereocenters. The number of carbonyl (C=O) groups excluding carboxylic acids is 3. The third-order valence-corrected chi connectivity index (χ3v) is 4.38. The normalized spacial score (nSPS) is 22.7. The predicted molar refractivity (Wildman–Crippen MR) is 70.7 cm³/mol. The molecule has 3 N–H and O–H groups in total. The molecule has 0 radical (unpaired) electrons. The van der Waals surface area contributed by atoms with Crippen LogP contribution in [0.5, 0.6) is 0 Å². The van der Waals surface area contributed by atoms with E-state index < -0.39 is 23.4 Å². The first-order valence-corrected chi connectivity index (χ1v) is 6.72. The van der Waals surface area contributed by atoms with Crippen molar-refractivity contribution in [1.29, 1.82) is 0 Å². The molecule has 6 nitrogen and oxygen atoms in total. The third kappa shape index (κ3) is 2.43. The average Bonchev–Trinajstić information content (AvgIpc) is 2.83. The van der Waals surface area contributed by atoms with Crippen molar-refractivity contribution in [3.63, 3.8) is 0 Å². The number of amides is 4. The summed E-state index contributed by atoms with van der Waals surface area (Å²) < 4.78 is 0.536. The molecule has 1 saturated heterocycles. The van der Waals surface area contributed by atoms with Gasteiger partial charge in [0.1, 0.15) is 0 Å². The molecule has 0 aliphatic carbocycles. The molecule has 1 fully saturated rings. The number of rotatable bonds is 4. The van der Waals surface area contributed by atoms with Gasteiger partial charge in [0.05, 0.1) is 4.34 Å². The second-order valence-electron chi connectivity index (χ2n) is 4.33. The van der Waals surface area contributed by atoms with Crippen LogP contribution in [0.1, 0.15) is 18.2 Å². The lowest BCUT2D eigenvalue weighted by Crippen LogP contribution is -2.40. The zero-order valence-corrected chi connectivity index (χ0v) is 11.7. The van der Waals surface area contributed by atoms with Gasteiger partial charge in [-0.1, -0.05) is 11.6 Å². The summed E-state index contributed by atoms with van der Waals surface area (Å²) >= 11 is 7.07. The topological polar surface area (TPSA) is 92.5 Å². The number of hydrogen-bond donors (Lipinski definition) is 2. The summed E-state index contributed by atoms with van der Waals surface area (Å²) in [5.74, 6) is -0.967. The number of primary amides is 1. The maximum Gasteiger partial charge on any atom is 0.325 e. The highest BCUT2D eigenvalue weighted by atomic mass is 35.5. The Morgan fingerprint density at radius 2 is 2.21 bits per heavy atom. The Kier molecular flexibility index (Phi) is 3.51. The Labute approximate surface area is 118 Å². The van der Waals surface area contributed by atoms with Crippen molar-refractivity contribution >= 4 is 40.8 Å². The summed E-state index contributed by atoms with van der Waals surface area (Å²) in [6, 6.07) is 2.83. The quantitative estimate of drug-likeness (QED) is 0.814. The molecule has 2 heterocycles. The third-order valence-electron chi connectivity index (χ3n) is 2.92. The number of hydrogen-bond acceptors (Lipinski definition) is 4. The monoisotopic (exact) mass is 301 g/mol. The summed E-state index contributed by atoms with van der Waals surface area (Å²) in [6.07, 6.45) is -0.0551. The van der Waals surface area contributed by atoms with Crippen LogP contribution in [0.3, 0.4) is 0 Å². The van der Waals surface area contributed by atoms with Crippen molar-refractivity contribution in [1.82, 2.24) is 10.2 Å². The van der Waals surface area contributed by atoms with Crippen molar-refractivity contribution in [2.24, 2.45) is 5.73 Å². The van der Waals surface area contributed by atoms with Crippen molar-refractivity contribution in [2.45, 2.75) is 18.9 Å². The number of nitrogens with two attached hydrogens (primary N) is 1. The van der Waals surface area contributed by atoms with Crippen LogP contribution < -0.4 is 11.1 Å². The minimum absolute atomic E-state index is 0.0191. The van der Waals surface area contributed by atoms with Crippen LogP contribution in [0, 0.1) is 0 Å². The highest BCUT2D eigenvalue weighted by Gasteiger charge is 2.49. The van der Waals surface area contributed by atoms with E-state index in [1.165, 1.54) is 11.3 Å². The van der Waals surface area contributed by atoms with Gasteiger partial charge in [-0.05, 0) is 19.1 Å². The smallest absolute Gasteiger partial charge is 0.325 e. The van der Waals surface area contributed by atoms with Gasteiger partial charge in [0.25, 0.3) is 5.91 Å². The van der Waals surface area contributed by atoms with Crippen LogP contribution in [-0.2, 0) is 15.1 Å². The first-order valence-electron chi connectivity index (χ1n) is 5.53. The lowest BCUT2D eigenvalue weighted by Gasteiger charge is -2.19. The zero-order chi connectivity index (χ0) is 14.2. The van der Waals surface area contributed by atoms with Gasteiger partial charge >= 0.3 is 6.03 Å². The molecule has 2 rings (SSSR count). The van der Waals surface area contributed by atoms with Crippen LogP contribution in [0.4, 0.5) is 4.79 Å². The molecule has 1 aliphatic heterocycles. The standard InChI is InChI=1S/C11H12ClN3O3S/c1-11(6-2-3-7(12)19-6)9(17)15(10(18)14-11)5-4-8(13)16/h2-3H,4-5H2,1H3,(H2,13,16)(H,14,18). The van der Waals surface area contributed by atoms with E-state index in [1.807, 2.05) is 0 Å². The number of nitrogens with zero attached hydrogens (tertiary/aromatic N) is 1. The van der Waals surface area contributed by atoms with Crippen LogP contribution >= 0.6 is 22.9 Å². The van der Waals surface area contributed by atoms with E-state index in [4.69, 9.17) is 17.3 Å². The molecule has 19 heavy (non-hydrogen) atoms. The molecule has 0 saturated carbocycles. The maximum absolute atomic E-state index is 12.3. The number of halogens is 1. The Hall–Kier alpha value is -1.60. The minimum Gasteiger partial charge on any atom is -0.370 e. The van der Waals surface area contributed by atoms with E-state index in [-0.39, 0.29) is 13.0 Å². The molecular formula is C11H12ClN3O3S. The molecule has 0 bridgehead atoms. The number of imide groups is 1. The van der Waals surface area contributed by atoms with E-state index >= 15 is 0 Å². The first-order chi connectivity index (χ1) is 8.84. The van der Waals surface area contributed by atoms with E-state index in [9.17, 15) is 14.4 Å². The van der Waals surface area contributed by atoms with Crippen molar-refractivity contribution < 1.29 is 14.4 Å². The van der Waals surface area contributed by atoms with Crippen LogP contribution in [0.25, 0.3) is 0 Å².